The average Bonchev–Trinajstić information content (AvgIpc) is 2.32. The molecule has 2 aromatic rings. The molecule has 16 heavy (non-hydrogen) atoms. The van der Waals surface area contributed by atoms with Gasteiger partial charge in [0.1, 0.15) is 4.60 Å². The maximum Gasteiger partial charge on any atom is 0.113 e. The fraction of sp³-hybridized carbons (Fsp3) is 0.308. The zero-order valence-electron chi connectivity index (χ0n) is 9.30. The molecule has 0 saturated carbocycles. The Kier molecular flexibility index (Phi) is 3.65. The minimum atomic E-state index is 0.600. The highest BCUT2D eigenvalue weighted by Crippen LogP contribution is 2.31. The van der Waals surface area contributed by atoms with Gasteiger partial charge >= 0.3 is 0 Å². The smallest absolute Gasteiger partial charge is 0.113 e. The zero-order valence-corrected chi connectivity index (χ0v) is 12.5. The Bertz CT molecular complexity index is 523. The molecule has 84 valence electrons. The Morgan fingerprint density at radius 2 is 2.00 bits per heavy atom. The minimum Gasteiger partial charge on any atom is -0.248 e. The highest BCUT2D eigenvalue weighted by Gasteiger charge is 2.08. The first-order valence-corrected chi connectivity index (χ1v) is 6.95. The van der Waals surface area contributed by atoms with Crippen LogP contribution in [-0.4, -0.2) is 4.98 Å². The Morgan fingerprint density at radius 1 is 1.25 bits per heavy atom. The van der Waals surface area contributed by atoms with Crippen molar-refractivity contribution in [2.75, 3.05) is 0 Å². The average molecular weight is 343 g/mol. The van der Waals surface area contributed by atoms with E-state index in [4.69, 9.17) is 0 Å². The molecule has 0 N–H and O–H groups in total. The van der Waals surface area contributed by atoms with Crippen LogP contribution in [-0.2, 0) is 0 Å². The topological polar surface area (TPSA) is 12.9 Å². The van der Waals surface area contributed by atoms with E-state index < -0.39 is 0 Å². The first-order valence-electron chi connectivity index (χ1n) is 5.37. The molecule has 1 atom stereocenters. The summed E-state index contributed by atoms with van der Waals surface area (Å²) in [6, 6.07) is 6.58. The van der Waals surface area contributed by atoms with E-state index in [9.17, 15) is 0 Å². The van der Waals surface area contributed by atoms with Crippen molar-refractivity contribution in [2.24, 2.45) is 0 Å². The number of nitrogens with zero attached hydrogens (tertiary/aromatic N) is 1. The molecule has 0 radical (unpaired) electrons. The van der Waals surface area contributed by atoms with Gasteiger partial charge < -0.3 is 0 Å². The molecule has 0 saturated heterocycles. The molecular formula is C13H13Br2N. The van der Waals surface area contributed by atoms with E-state index in [0.717, 1.165) is 20.9 Å². The van der Waals surface area contributed by atoms with Gasteiger partial charge in [-0.05, 0) is 55.8 Å². The lowest BCUT2D eigenvalue weighted by atomic mass is 9.96. The van der Waals surface area contributed by atoms with Gasteiger partial charge in [0.05, 0.1) is 0 Å². The molecule has 1 heterocycles. The summed E-state index contributed by atoms with van der Waals surface area (Å²) in [4.78, 5) is 4.27. The van der Waals surface area contributed by atoms with E-state index in [1.807, 2.05) is 6.20 Å². The van der Waals surface area contributed by atoms with E-state index in [2.05, 4.69) is 68.9 Å². The van der Waals surface area contributed by atoms with Crippen molar-refractivity contribution >= 4 is 42.6 Å². The van der Waals surface area contributed by atoms with Crippen molar-refractivity contribution in [1.29, 1.82) is 0 Å². The maximum absolute atomic E-state index is 4.27. The summed E-state index contributed by atoms with van der Waals surface area (Å²) in [5.41, 5.74) is 1.38. The number of halogens is 2. The summed E-state index contributed by atoms with van der Waals surface area (Å²) < 4.78 is 1.96. The monoisotopic (exact) mass is 341 g/mol. The predicted octanol–water partition coefficient (Wildman–Crippen LogP) is 5.27. The van der Waals surface area contributed by atoms with Crippen LogP contribution < -0.4 is 0 Å². The van der Waals surface area contributed by atoms with Crippen LogP contribution in [0.25, 0.3) is 10.8 Å². The molecule has 0 aliphatic carbocycles. The minimum absolute atomic E-state index is 0.600. The lowest BCUT2D eigenvalue weighted by Gasteiger charge is -2.11. The van der Waals surface area contributed by atoms with Crippen LogP contribution in [0.15, 0.2) is 33.5 Å². The van der Waals surface area contributed by atoms with E-state index >= 15 is 0 Å². The molecule has 3 heteroatoms. The van der Waals surface area contributed by atoms with Gasteiger partial charge in [-0.1, -0.05) is 26.0 Å². The van der Waals surface area contributed by atoms with Crippen molar-refractivity contribution in [3.63, 3.8) is 0 Å². The van der Waals surface area contributed by atoms with E-state index in [0.29, 0.717) is 5.92 Å². The number of aromatic nitrogens is 1. The lowest BCUT2D eigenvalue weighted by molar-refractivity contribution is 0.734. The summed E-state index contributed by atoms with van der Waals surface area (Å²) >= 11 is 7.03. The molecule has 0 aliphatic heterocycles. The maximum atomic E-state index is 4.27. The molecule has 0 amide bonds. The summed E-state index contributed by atoms with van der Waals surface area (Å²) in [7, 11) is 0. The van der Waals surface area contributed by atoms with Crippen molar-refractivity contribution in [3.05, 3.63) is 39.0 Å². The summed E-state index contributed by atoms with van der Waals surface area (Å²) in [5, 5.41) is 2.38. The number of rotatable bonds is 2. The first-order chi connectivity index (χ1) is 7.63. The normalized spacial score (nSPS) is 13.0. The van der Waals surface area contributed by atoms with Gasteiger partial charge in [-0.2, -0.15) is 0 Å². The third-order valence-electron chi connectivity index (χ3n) is 3.00. The molecule has 0 bridgehead atoms. The van der Waals surface area contributed by atoms with E-state index in [1.165, 1.54) is 10.9 Å². The number of benzene rings is 1. The quantitative estimate of drug-likeness (QED) is 0.677. The van der Waals surface area contributed by atoms with Crippen LogP contribution in [0.4, 0.5) is 0 Å². The third-order valence-corrected chi connectivity index (χ3v) is 4.26. The van der Waals surface area contributed by atoms with Gasteiger partial charge in [-0.3, -0.25) is 0 Å². The number of fused-ring (bicyclic) bond motifs is 1. The SMILES string of the molecule is CCC(C)c1ccc2c(Br)ncc(Br)c2c1. The van der Waals surface area contributed by atoms with Crippen molar-refractivity contribution in [1.82, 2.24) is 4.98 Å². The van der Waals surface area contributed by atoms with Gasteiger partial charge in [0, 0.05) is 21.4 Å². The second kappa shape index (κ2) is 4.84. The lowest BCUT2D eigenvalue weighted by Crippen LogP contribution is -1.92. The number of hydrogen-bond donors (Lipinski definition) is 0. The fourth-order valence-corrected chi connectivity index (χ4v) is 2.61. The van der Waals surface area contributed by atoms with Gasteiger partial charge in [0.15, 0.2) is 0 Å². The molecule has 1 aromatic carbocycles. The highest BCUT2D eigenvalue weighted by atomic mass is 79.9. The highest BCUT2D eigenvalue weighted by molar-refractivity contribution is 9.11. The van der Waals surface area contributed by atoms with Gasteiger partial charge in [0.2, 0.25) is 0 Å². The van der Waals surface area contributed by atoms with Crippen molar-refractivity contribution in [3.8, 4) is 0 Å². The standard InChI is InChI=1S/C13H13Br2N/c1-3-8(2)9-4-5-10-11(6-9)12(14)7-16-13(10)15/h4-8H,3H2,1-2H3. The van der Waals surface area contributed by atoms with Gasteiger partial charge in [-0.25, -0.2) is 4.98 Å². The fourth-order valence-electron chi connectivity index (χ4n) is 1.73. The number of pyridine rings is 1. The van der Waals surface area contributed by atoms with Crippen LogP contribution in [0.1, 0.15) is 31.7 Å². The summed E-state index contributed by atoms with van der Waals surface area (Å²) in [5.74, 6) is 0.600. The molecule has 1 nitrogen and oxygen atoms in total. The van der Waals surface area contributed by atoms with Crippen LogP contribution in [0.3, 0.4) is 0 Å². The third kappa shape index (κ3) is 2.16. The largest absolute Gasteiger partial charge is 0.248 e. The van der Waals surface area contributed by atoms with Crippen molar-refractivity contribution < 1.29 is 0 Å². The molecule has 2 rings (SSSR count). The Morgan fingerprint density at radius 3 is 2.69 bits per heavy atom. The van der Waals surface area contributed by atoms with Crippen LogP contribution in [0.2, 0.25) is 0 Å². The Hall–Kier alpha value is -0.410. The van der Waals surface area contributed by atoms with Gasteiger partial charge in [0.25, 0.3) is 0 Å². The second-order valence-corrected chi connectivity index (χ2v) is 5.62. The first kappa shape index (κ1) is 12.1. The number of hydrogen-bond acceptors (Lipinski definition) is 1. The Balaban J connectivity index is 2.66. The zero-order chi connectivity index (χ0) is 11.7. The molecule has 0 aliphatic rings. The van der Waals surface area contributed by atoms with Crippen LogP contribution in [0.5, 0.6) is 0 Å². The van der Waals surface area contributed by atoms with E-state index in [1.54, 1.807) is 0 Å². The van der Waals surface area contributed by atoms with E-state index in [-0.39, 0.29) is 0 Å². The van der Waals surface area contributed by atoms with Gasteiger partial charge in [-0.15, -0.1) is 0 Å². The van der Waals surface area contributed by atoms with Crippen LogP contribution in [0, 0.1) is 0 Å². The molecule has 1 aromatic heterocycles. The summed E-state index contributed by atoms with van der Waals surface area (Å²) in [6.45, 7) is 4.47. The second-order valence-electron chi connectivity index (χ2n) is 4.01. The predicted molar refractivity (Wildman–Crippen MR) is 75.8 cm³/mol. The molecule has 1 unspecified atom stereocenters. The van der Waals surface area contributed by atoms with Crippen LogP contribution >= 0.6 is 31.9 Å². The summed E-state index contributed by atoms with van der Waals surface area (Å²) in [6.07, 6.45) is 3.00. The molecular weight excluding hydrogens is 330 g/mol. The molecule has 0 fully saturated rings. The molecule has 0 spiro atoms. The van der Waals surface area contributed by atoms with Crippen molar-refractivity contribution in [2.45, 2.75) is 26.2 Å². The Labute approximate surface area is 113 Å².